The molecule has 4 aromatic rings. The number of alkyl halides is 3. The monoisotopic (exact) mass is 702 g/mol. The summed E-state index contributed by atoms with van der Waals surface area (Å²) in [6.45, 7) is 1.48. The molecule has 0 spiro atoms. The zero-order valence-electron chi connectivity index (χ0n) is 26.9. The molecule has 1 aliphatic rings. The molecular formula is C32H34F4N8O6. The number of anilines is 2. The van der Waals surface area contributed by atoms with Crippen molar-refractivity contribution in [2.75, 3.05) is 50.5 Å². The number of carboxylic acid groups (broad SMARTS) is 2. The van der Waals surface area contributed by atoms with E-state index in [1.54, 1.807) is 18.0 Å². The first-order chi connectivity index (χ1) is 23.8. The largest absolute Gasteiger partial charge is 0.481 e. The van der Waals surface area contributed by atoms with Crippen molar-refractivity contribution in [2.45, 2.75) is 25.1 Å². The maximum atomic E-state index is 14.9. The average Bonchev–Trinajstić information content (AvgIpc) is 3.58. The second-order valence-corrected chi connectivity index (χ2v) is 11.0. The molecule has 18 heteroatoms. The highest BCUT2D eigenvalue weighted by Crippen LogP contribution is 2.48. The van der Waals surface area contributed by atoms with E-state index in [2.05, 4.69) is 30.8 Å². The van der Waals surface area contributed by atoms with Crippen LogP contribution < -0.4 is 20.3 Å². The van der Waals surface area contributed by atoms with Gasteiger partial charge in [-0.1, -0.05) is 12.1 Å². The number of nitrogens with zero attached hydrogens (tertiary/aromatic N) is 6. The first kappa shape index (κ1) is 37.2. The highest BCUT2D eigenvalue weighted by molar-refractivity contribution is 6.05. The zero-order chi connectivity index (χ0) is 36.4. The summed E-state index contributed by atoms with van der Waals surface area (Å²) in [5, 5.41) is 33.2. The van der Waals surface area contributed by atoms with Crippen LogP contribution in [0, 0.1) is 5.82 Å². The highest BCUT2D eigenvalue weighted by Gasteiger charge is 2.42. The zero-order valence-corrected chi connectivity index (χ0v) is 26.9. The van der Waals surface area contributed by atoms with Crippen LogP contribution in [0.3, 0.4) is 0 Å². The van der Waals surface area contributed by atoms with Crippen LogP contribution in [-0.4, -0.2) is 99.3 Å². The molecule has 0 bridgehead atoms. The van der Waals surface area contributed by atoms with Gasteiger partial charge in [0.05, 0.1) is 42.3 Å². The summed E-state index contributed by atoms with van der Waals surface area (Å²) in [6.07, 6.45) is -1.06. The molecule has 2 aromatic carbocycles. The number of likely N-dealkylation sites (N-methyl/N-ethyl adjacent to an activating group) is 2. The fraction of sp³-hybridized carbons (Fsp3) is 0.312. The molecule has 1 aliphatic heterocycles. The number of carboxylic acids is 2. The van der Waals surface area contributed by atoms with Gasteiger partial charge < -0.3 is 30.5 Å². The number of carbonyl (C=O) groups excluding carboxylic acids is 1. The molecule has 3 heterocycles. The lowest BCUT2D eigenvalue weighted by molar-refractivity contribution is -0.143. The first-order valence-electron chi connectivity index (χ1n) is 15.1. The van der Waals surface area contributed by atoms with Gasteiger partial charge >= 0.3 is 18.1 Å². The van der Waals surface area contributed by atoms with E-state index in [0.717, 1.165) is 12.1 Å². The summed E-state index contributed by atoms with van der Waals surface area (Å²) >= 11 is 0. The van der Waals surface area contributed by atoms with Crippen molar-refractivity contribution in [1.29, 1.82) is 0 Å². The third-order valence-corrected chi connectivity index (χ3v) is 7.47. The maximum absolute atomic E-state index is 14.9. The van der Waals surface area contributed by atoms with Crippen molar-refractivity contribution in [3.63, 3.8) is 0 Å². The van der Waals surface area contributed by atoms with Gasteiger partial charge in [-0.2, -0.15) is 28.5 Å². The molecule has 50 heavy (non-hydrogen) atoms. The standard InChI is InChI=1S/C28H28F4N8O2.C4H6O4/c1-33-15-19-17-39(14-13-38(19)2)26-21(36-27(41)22-10-12-40(37-22)18-9-11-34-35-16-18)7-8-24(25(26)28(30,31)32)42-23-6-4-3-5-20(23)29;5-3(6)1-2-4(7)8/h3-12,16,19,33H,13-15,17H2,1-2H3,(H,36,41);1-2H2,(H,5,6)(H,7,8)/t19-;/m1./s1. The number of amides is 1. The van der Waals surface area contributed by atoms with Crippen molar-refractivity contribution in [2.24, 2.45) is 0 Å². The molecule has 0 unspecified atom stereocenters. The minimum absolute atomic E-state index is 0.0237. The predicted octanol–water partition coefficient (Wildman–Crippen LogP) is 4.14. The van der Waals surface area contributed by atoms with Crippen molar-refractivity contribution >= 4 is 29.2 Å². The van der Waals surface area contributed by atoms with Crippen molar-refractivity contribution < 1.29 is 46.9 Å². The van der Waals surface area contributed by atoms with Crippen LogP contribution in [0.15, 0.2) is 67.1 Å². The average molecular weight is 703 g/mol. The third kappa shape index (κ3) is 9.73. The van der Waals surface area contributed by atoms with Gasteiger partial charge in [0.2, 0.25) is 0 Å². The third-order valence-electron chi connectivity index (χ3n) is 7.47. The van der Waals surface area contributed by atoms with Crippen molar-refractivity contribution in [3.8, 4) is 17.2 Å². The van der Waals surface area contributed by atoms with Crippen LogP contribution in [0.5, 0.6) is 11.5 Å². The van der Waals surface area contributed by atoms with E-state index in [1.807, 2.05) is 7.05 Å². The smallest absolute Gasteiger partial charge is 0.422 e. The number of benzene rings is 2. The van der Waals surface area contributed by atoms with E-state index in [1.165, 1.54) is 53.6 Å². The molecule has 1 amide bonds. The number of carbonyl (C=O) groups is 3. The number of rotatable bonds is 11. The summed E-state index contributed by atoms with van der Waals surface area (Å²) in [5.41, 5.74) is -0.946. The minimum Gasteiger partial charge on any atom is -0.481 e. The Kier molecular flexibility index (Phi) is 12.4. The molecule has 1 fully saturated rings. The SMILES string of the molecule is CNC[C@@H]1CN(c2c(NC(=O)c3ccn(-c4ccnnc4)n3)ccc(Oc3ccccc3F)c2C(F)(F)F)CCN1C.O=C(O)CCC(=O)O. The minimum atomic E-state index is -4.91. The summed E-state index contributed by atoms with van der Waals surface area (Å²) in [5.74, 6) is -4.61. The topological polar surface area (TPSA) is 175 Å². The van der Waals surface area contributed by atoms with E-state index in [9.17, 15) is 31.9 Å². The number of aliphatic carboxylic acids is 2. The van der Waals surface area contributed by atoms with Gasteiger partial charge in [-0.3, -0.25) is 19.3 Å². The number of para-hydroxylation sites is 1. The Morgan fingerprint density at radius 3 is 2.32 bits per heavy atom. The summed E-state index contributed by atoms with van der Waals surface area (Å²) in [6, 6.07) is 10.6. The molecular weight excluding hydrogens is 668 g/mol. The Bertz CT molecular complexity index is 1780. The Morgan fingerprint density at radius 1 is 0.980 bits per heavy atom. The Hall–Kier alpha value is -5.62. The summed E-state index contributed by atoms with van der Waals surface area (Å²) in [4.78, 5) is 36.2. The van der Waals surface area contributed by atoms with Gasteiger partial charge in [-0.15, -0.1) is 0 Å². The lowest BCUT2D eigenvalue weighted by Gasteiger charge is -2.42. The number of nitrogens with one attached hydrogen (secondary N) is 2. The second-order valence-electron chi connectivity index (χ2n) is 11.0. The van der Waals surface area contributed by atoms with Crippen LogP contribution in [0.1, 0.15) is 28.9 Å². The van der Waals surface area contributed by atoms with E-state index in [-0.39, 0.29) is 54.8 Å². The molecule has 4 N–H and O–H groups in total. The Morgan fingerprint density at radius 2 is 1.70 bits per heavy atom. The van der Waals surface area contributed by atoms with E-state index >= 15 is 0 Å². The van der Waals surface area contributed by atoms with Gasteiger partial charge in [0.1, 0.15) is 11.3 Å². The Labute approximate surface area is 283 Å². The Balaban J connectivity index is 0.000000627. The quantitative estimate of drug-likeness (QED) is 0.165. The van der Waals surface area contributed by atoms with Gasteiger partial charge in [0.25, 0.3) is 5.91 Å². The van der Waals surface area contributed by atoms with Crippen LogP contribution in [0.2, 0.25) is 0 Å². The molecule has 2 aromatic heterocycles. The molecule has 5 rings (SSSR count). The molecule has 0 aliphatic carbocycles. The highest BCUT2D eigenvalue weighted by atomic mass is 19.4. The maximum Gasteiger partial charge on any atom is 0.422 e. The fourth-order valence-electron chi connectivity index (χ4n) is 5.02. The van der Waals surface area contributed by atoms with Crippen LogP contribution >= 0.6 is 0 Å². The molecule has 0 saturated carbocycles. The van der Waals surface area contributed by atoms with Crippen molar-refractivity contribution in [3.05, 3.63) is 84.2 Å². The number of piperazine rings is 1. The lowest BCUT2D eigenvalue weighted by atomic mass is 10.0. The normalized spacial score (nSPS) is 14.8. The van der Waals surface area contributed by atoms with E-state index in [4.69, 9.17) is 14.9 Å². The van der Waals surface area contributed by atoms with E-state index < -0.39 is 41.2 Å². The summed E-state index contributed by atoms with van der Waals surface area (Å²) in [7, 11) is 3.67. The lowest BCUT2D eigenvalue weighted by Crippen LogP contribution is -2.55. The van der Waals surface area contributed by atoms with Crippen LogP contribution in [0.4, 0.5) is 28.9 Å². The number of halogens is 4. The van der Waals surface area contributed by atoms with Gasteiger partial charge in [-0.25, -0.2) is 9.07 Å². The van der Waals surface area contributed by atoms with Crippen LogP contribution in [-0.2, 0) is 15.8 Å². The fourth-order valence-corrected chi connectivity index (χ4v) is 5.02. The van der Waals surface area contributed by atoms with Crippen LogP contribution in [0.25, 0.3) is 5.69 Å². The number of hydrogen-bond donors (Lipinski definition) is 4. The van der Waals surface area contributed by atoms with E-state index in [0.29, 0.717) is 18.8 Å². The van der Waals surface area contributed by atoms with Crippen molar-refractivity contribution in [1.82, 2.24) is 30.2 Å². The summed E-state index contributed by atoms with van der Waals surface area (Å²) < 4.78 is 65.9. The molecule has 0 radical (unpaired) electrons. The van der Waals surface area contributed by atoms with Gasteiger partial charge in [-0.05, 0) is 50.5 Å². The van der Waals surface area contributed by atoms with Gasteiger partial charge in [0.15, 0.2) is 17.3 Å². The molecule has 266 valence electrons. The van der Waals surface area contributed by atoms with Gasteiger partial charge in [0, 0.05) is 38.4 Å². The number of ether oxygens (including phenoxy) is 1. The number of aromatic nitrogens is 4. The first-order valence-corrected chi connectivity index (χ1v) is 15.1. The molecule has 1 saturated heterocycles. The predicted molar refractivity (Wildman–Crippen MR) is 172 cm³/mol. The number of hydrogen-bond acceptors (Lipinski definition) is 10. The molecule has 1 atom stereocenters. The second kappa shape index (κ2) is 16.7. The molecule has 14 nitrogen and oxygen atoms in total.